The molecule has 0 fully saturated rings. The number of nitrogens with one attached hydrogen (secondary N) is 3. The second kappa shape index (κ2) is 11.6. The smallest absolute Gasteiger partial charge is 0.279 e. The standard InChI is InChI=1S/C27H27BrClN3O4/c1-16(36-23-14-11-20(29)15-22(23)28)24(33)31-32-26(35)18-7-12-21(13-8-18)30-25(34)17-5-9-19(10-6-17)27(2,3)4/h5-16H,1-4H3,(H,30,34)(H,31,33)(H,32,35). The fourth-order valence-electron chi connectivity index (χ4n) is 3.14. The minimum Gasteiger partial charge on any atom is -0.480 e. The van der Waals surface area contributed by atoms with Crippen LogP contribution in [0.4, 0.5) is 5.69 Å². The number of carbonyl (C=O) groups excluding carboxylic acids is 3. The average molecular weight is 573 g/mol. The van der Waals surface area contributed by atoms with Crippen molar-refractivity contribution < 1.29 is 19.1 Å². The molecule has 36 heavy (non-hydrogen) atoms. The van der Waals surface area contributed by atoms with Gasteiger partial charge >= 0.3 is 0 Å². The van der Waals surface area contributed by atoms with Crippen molar-refractivity contribution in [3.05, 3.63) is 92.9 Å². The molecular formula is C27H27BrClN3O4. The third-order valence-corrected chi connectivity index (χ3v) is 6.14. The topological polar surface area (TPSA) is 96.5 Å². The Balaban J connectivity index is 1.51. The second-order valence-electron chi connectivity index (χ2n) is 9.14. The van der Waals surface area contributed by atoms with E-state index < -0.39 is 17.9 Å². The molecule has 3 aromatic carbocycles. The van der Waals surface area contributed by atoms with E-state index in [1.807, 2.05) is 12.1 Å². The molecule has 3 rings (SSSR count). The molecule has 0 saturated carbocycles. The molecular weight excluding hydrogens is 546 g/mol. The lowest BCUT2D eigenvalue weighted by molar-refractivity contribution is -0.128. The van der Waals surface area contributed by atoms with Gasteiger partial charge in [-0.1, -0.05) is 44.5 Å². The molecule has 0 aliphatic heterocycles. The Hall–Kier alpha value is -3.36. The quantitative estimate of drug-likeness (QED) is 0.321. The molecule has 0 heterocycles. The molecule has 0 radical (unpaired) electrons. The van der Waals surface area contributed by atoms with E-state index in [1.54, 1.807) is 61.5 Å². The van der Waals surface area contributed by atoms with E-state index in [4.69, 9.17) is 16.3 Å². The second-order valence-corrected chi connectivity index (χ2v) is 10.4. The Bertz CT molecular complexity index is 1260. The van der Waals surface area contributed by atoms with Crippen LogP contribution in [0.15, 0.2) is 71.2 Å². The van der Waals surface area contributed by atoms with E-state index in [0.717, 1.165) is 5.56 Å². The van der Waals surface area contributed by atoms with Gasteiger partial charge in [-0.15, -0.1) is 0 Å². The van der Waals surface area contributed by atoms with Gasteiger partial charge in [-0.25, -0.2) is 0 Å². The summed E-state index contributed by atoms with van der Waals surface area (Å²) in [6.45, 7) is 7.89. The van der Waals surface area contributed by atoms with Gasteiger partial charge < -0.3 is 10.1 Å². The van der Waals surface area contributed by atoms with Crippen LogP contribution in [0.1, 0.15) is 54.0 Å². The lowest BCUT2D eigenvalue weighted by atomic mass is 9.87. The van der Waals surface area contributed by atoms with Gasteiger partial charge in [0.25, 0.3) is 17.7 Å². The van der Waals surface area contributed by atoms with Crippen LogP contribution in [0.5, 0.6) is 5.75 Å². The van der Waals surface area contributed by atoms with E-state index in [1.165, 1.54) is 0 Å². The highest BCUT2D eigenvalue weighted by molar-refractivity contribution is 9.10. The molecule has 1 unspecified atom stereocenters. The highest BCUT2D eigenvalue weighted by Gasteiger charge is 2.18. The van der Waals surface area contributed by atoms with Gasteiger partial charge in [0.2, 0.25) is 0 Å². The molecule has 0 spiro atoms. The summed E-state index contributed by atoms with van der Waals surface area (Å²) in [5, 5.41) is 3.34. The van der Waals surface area contributed by atoms with Crippen LogP contribution in [0.25, 0.3) is 0 Å². The maximum Gasteiger partial charge on any atom is 0.279 e. The molecule has 3 amide bonds. The first kappa shape index (κ1) is 27.2. The number of anilines is 1. The number of amides is 3. The SMILES string of the molecule is CC(Oc1ccc(Cl)cc1Br)C(=O)NNC(=O)c1ccc(NC(=O)c2ccc(C(C)(C)C)cc2)cc1. The monoisotopic (exact) mass is 571 g/mol. The molecule has 3 aromatic rings. The number of benzene rings is 3. The number of hydrogen-bond acceptors (Lipinski definition) is 4. The first-order valence-electron chi connectivity index (χ1n) is 11.2. The van der Waals surface area contributed by atoms with Crippen molar-refractivity contribution in [2.75, 3.05) is 5.32 Å². The van der Waals surface area contributed by atoms with Crippen molar-refractivity contribution in [3.8, 4) is 5.75 Å². The Morgan fingerprint density at radius 1 is 0.861 bits per heavy atom. The predicted octanol–water partition coefficient (Wildman–Crippen LogP) is 5.88. The Kier molecular flexibility index (Phi) is 8.76. The number of rotatable bonds is 6. The predicted molar refractivity (Wildman–Crippen MR) is 144 cm³/mol. The van der Waals surface area contributed by atoms with Gasteiger partial charge in [-0.2, -0.15) is 0 Å². The van der Waals surface area contributed by atoms with Crippen molar-refractivity contribution in [1.29, 1.82) is 0 Å². The Morgan fingerprint density at radius 2 is 1.44 bits per heavy atom. The summed E-state index contributed by atoms with van der Waals surface area (Å²) in [5.41, 5.74) is 7.21. The summed E-state index contributed by atoms with van der Waals surface area (Å²) in [5.74, 6) is -0.858. The molecule has 3 N–H and O–H groups in total. The molecule has 0 aliphatic carbocycles. The molecule has 0 aliphatic rings. The fourth-order valence-corrected chi connectivity index (χ4v) is 3.91. The third-order valence-electron chi connectivity index (χ3n) is 5.28. The van der Waals surface area contributed by atoms with Crippen molar-refractivity contribution in [2.45, 2.75) is 39.2 Å². The minimum absolute atomic E-state index is 0.00376. The largest absolute Gasteiger partial charge is 0.480 e. The number of hydrogen-bond donors (Lipinski definition) is 3. The molecule has 188 valence electrons. The Morgan fingerprint density at radius 3 is 2.03 bits per heavy atom. The number of halogens is 2. The van der Waals surface area contributed by atoms with Gasteiger partial charge in [0, 0.05) is 21.8 Å². The van der Waals surface area contributed by atoms with E-state index in [-0.39, 0.29) is 11.3 Å². The summed E-state index contributed by atoms with van der Waals surface area (Å²) >= 11 is 9.23. The molecule has 9 heteroatoms. The summed E-state index contributed by atoms with van der Waals surface area (Å²) in [6, 6.07) is 18.7. The number of ether oxygens (including phenoxy) is 1. The summed E-state index contributed by atoms with van der Waals surface area (Å²) < 4.78 is 6.21. The van der Waals surface area contributed by atoms with Crippen LogP contribution in [-0.2, 0) is 10.2 Å². The normalized spacial score (nSPS) is 11.8. The van der Waals surface area contributed by atoms with Gasteiger partial charge in [-0.3, -0.25) is 25.2 Å². The van der Waals surface area contributed by atoms with Crippen LogP contribution in [0.3, 0.4) is 0 Å². The lowest BCUT2D eigenvalue weighted by Crippen LogP contribution is -2.47. The maximum absolute atomic E-state index is 12.5. The first-order valence-corrected chi connectivity index (χ1v) is 12.3. The minimum atomic E-state index is -0.877. The van der Waals surface area contributed by atoms with Crippen LogP contribution in [-0.4, -0.2) is 23.8 Å². The van der Waals surface area contributed by atoms with E-state index in [2.05, 4.69) is 52.9 Å². The van der Waals surface area contributed by atoms with Crippen molar-refractivity contribution >= 4 is 50.9 Å². The zero-order valence-corrected chi connectivity index (χ0v) is 22.7. The number of carbonyl (C=O) groups is 3. The van der Waals surface area contributed by atoms with E-state index in [9.17, 15) is 14.4 Å². The van der Waals surface area contributed by atoms with Gasteiger partial charge in [0.1, 0.15) is 5.75 Å². The molecule has 0 bridgehead atoms. The summed E-state index contributed by atoms with van der Waals surface area (Å²) in [6.07, 6.45) is -0.877. The highest BCUT2D eigenvalue weighted by atomic mass is 79.9. The van der Waals surface area contributed by atoms with Crippen LogP contribution in [0, 0.1) is 0 Å². The maximum atomic E-state index is 12.5. The van der Waals surface area contributed by atoms with E-state index >= 15 is 0 Å². The third kappa shape index (κ3) is 7.32. The zero-order valence-electron chi connectivity index (χ0n) is 20.3. The molecule has 0 aromatic heterocycles. The fraction of sp³-hybridized carbons (Fsp3) is 0.222. The van der Waals surface area contributed by atoms with Crippen molar-refractivity contribution in [2.24, 2.45) is 0 Å². The van der Waals surface area contributed by atoms with Gasteiger partial charge in [-0.05, 0) is 88.4 Å². The van der Waals surface area contributed by atoms with Crippen LogP contribution < -0.4 is 20.9 Å². The van der Waals surface area contributed by atoms with E-state index in [0.29, 0.717) is 32.1 Å². The Labute approximate surface area is 223 Å². The summed E-state index contributed by atoms with van der Waals surface area (Å²) in [7, 11) is 0. The average Bonchev–Trinajstić information content (AvgIpc) is 2.84. The van der Waals surface area contributed by atoms with Crippen molar-refractivity contribution in [1.82, 2.24) is 10.9 Å². The van der Waals surface area contributed by atoms with Gasteiger partial charge in [0.15, 0.2) is 6.10 Å². The van der Waals surface area contributed by atoms with Crippen LogP contribution >= 0.6 is 27.5 Å². The van der Waals surface area contributed by atoms with Crippen LogP contribution in [0.2, 0.25) is 5.02 Å². The zero-order chi connectivity index (χ0) is 26.5. The van der Waals surface area contributed by atoms with Gasteiger partial charge in [0.05, 0.1) is 4.47 Å². The number of hydrazine groups is 1. The molecule has 7 nitrogen and oxygen atoms in total. The molecule has 1 atom stereocenters. The summed E-state index contributed by atoms with van der Waals surface area (Å²) in [4.78, 5) is 37.3. The van der Waals surface area contributed by atoms with Crippen molar-refractivity contribution in [3.63, 3.8) is 0 Å². The first-order chi connectivity index (χ1) is 16.9. The highest BCUT2D eigenvalue weighted by Crippen LogP contribution is 2.28. The lowest BCUT2D eigenvalue weighted by Gasteiger charge is -2.19. The molecule has 0 saturated heterocycles.